The van der Waals surface area contributed by atoms with Gasteiger partial charge in [0.25, 0.3) is 0 Å². The summed E-state index contributed by atoms with van der Waals surface area (Å²) in [6.45, 7) is 2.65. The van der Waals surface area contributed by atoms with Crippen molar-refractivity contribution in [2.24, 2.45) is 0 Å². The monoisotopic (exact) mass is 431 g/mol. The van der Waals surface area contributed by atoms with Crippen LogP contribution in [0, 0.1) is 12.3 Å². The number of hydrogen-bond acceptors (Lipinski definition) is 7. The highest BCUT2D eigenvalue weighted by Gasteiger charge is 2.26. The molecule has 0 aliphatic carbocycles. The average Bonchev–Trinajstić information content (AvgIpc) is 2.69. The summed E-state index contributed by atoms with van der Waals surface area (Å²) in [4.78, 5) is 14.4. The molecule has 0 radical (unpaired) electrons. The van der Waals surface area contributed by atoms with E-state index in [-0.39, 0.29) is 10.6 Å². The van der Waals surface area contributed by atoms with Crippen LogP contribution in [0.2, 0.25) is 0 Å². The maximum absolute atomic E-state index is 13.0. The number of sulfonamides is 1. The lowest BCUT2D eigenvalue weighted by Gasteiger charge is -2.28. The van der Waals surface area contributed by atoms with Crippen molar-refractivity contribution in [1.82, 2.24) is 4.31 Å². The van der Waals surface area contributed by atoms with Crippen LogP contribution in [0.15, 0.2) is 35.2 Å². The van der Waals surface area contributed by atoms with Gasteiger partial charge in [0.05, 0.1) is 24.5 Å². The SMILES string of the molecule is Cc1cc(C=N)c(N)c(S(=O)(=O)N(C)CC(=O)Nc2ccc3c(c2)OCCN3C)c1. The van der Waals surface area contributed by atoms with Gasteiger partial charge in [0, 0.05) is 37.6 Å². The van der Waals surface area contributed by atoms with E-state index in [0.29, 0.717) is 29.2 Å². The number of rotatable bonds is 6. The van der Waals surface area contributed by atoms with Gasteiger partial charge in [-0.15, -0.1) is 0 Å². The second kappa shape index (κ2) is 8.33. The third-order valence-electron chi connectivity index (χ3n) is 4.87. The summed E-state index contributed by atoms with van der Waals surface area (Å²) in [5.74, 6) is 0.165. The van der Waals surface area contributed by atoms with Crippen LogP contribution in [-0.2, 0) is 14.8 Å². The van der Waals surface area contributed by atoms with Crippen molar-refractivity contribution in [3.05, 3.63) is 41.5 Å². The quantitative estimate of drug-likeness (QED) is 0.471. The van der Waals surface area contributed by atoms with Crippen LogP contribution in [0.25, 0.3) is 0 Å². The Labute approximate surface area is 176 Å². The molecule has 160 valence electrons. The fraction of sp³-hybridized carbons (Fsp3) is 0.300. The Morgan fingerprint density at radius 3 is 2.80 bits per heavy atom. The third kappa shape index (κ3) is 4.24. The number of fused-ring (bicyclic) bond motifs is 1. The highest BCUT2D eigenvalue weighted by molar-refractivity contribution is 7.89. The number of nitrogens with two attached hydrogens (primary N) is 1. The number of nitrogen functional groups attached to an aromatic ring is 1. The van der Waals surface area contributed by atoms with E-state index in [1.54, 1.807) is 25.1 Å². The molecule has 2 aromatic carbocycles. The summed E-state index contributed by atoms with van der Waals surface area (Å²) in [6, 6.07) is 8.36. The Hall–Kier alpha value is -3.11. The van der Waals surface area contributed by atoms with Gasteiger partial charge in [-0.05, 0) is 36.8 Å². The lowest BCUT2D eigenvalue weighted by Crippen LogP contribution is -2.35. The first-order valence-electron chi connectivity index (χ1n) is 9.28. The van der Waals surface area contributed by atoms with Crippen LogP contribution >= 0.6 is 0 Å². The van der Waals surface area contributed by atoms with Gasteiger partial charge in [-0.2, -0.15) is 4.31 Å². The molecule has 0 saturated carbocycles. The Bertz CT molecular complexity index is 1100. The average molecular weight is 432 g/mol. The second-order valence-electron chi connectivity index (χ2n) is 7.17. The molecule has 3 rings (SSSR count). The van der Waals surface area contributed by atoms with E-state index in [4.69, 9.17) is 15.9 Å². The Morgan fingerprint density at radius 1 is 1.37 bits per heavy atom. The van der Waals surface area contributed by atoms with Crippen LogP contribution in [0.4, 0.5) is 17.1 Å². The highest BCUT2D eigenvalue weighted by Crippen LogP contribution is 2.33. The van der Waals surface area contributed by atoms with Crippen LogP contribution in [-0.4, -0.2) is 58.6 Å². The van der Waals surface area contributed by atoms with E-state index in [2.05, 4.69) is 10.2 Å². The molecule has 1 aliphatic rings. The predicted molar refractivity (Wildman–Crippen MR) is 117 cm³/mol. The molecule has 0 aromatic heterocycles. The molecule has 1 heterocycles. The number of carbonyl (C=O) groups is 1. The van der Waals surface area contributed by atoms with Gasteiger partial charge in [-0.25, -0.2) is 8.42 Å². The Morgan fingerprint density at radius 2 is 2.10 bits per heavy atom. The van der Waals surface area contributed by atoms with E-state index < -0.39 is 22.5 Å². The third-order valence-corrected chi connectivity index (χ3v) is 6.71. The molecule has 30 heavy (non-hydrogen) atoms. The Balaban J connectivity index is 1.76. The summed E-state index contributed by atoms with van der Waals surface area (Å²) in [6.07, 6.45) is 1.00. The summed E-state index contributed by atoms with van der Waals surface area (Å²) < 4.78 is 32.5. The lowest BCUT2D eigenvalue weighted by molar-refractivity contribution is -0.116. The minimum Gasteiger partial charge on any atom is -0.489 e. The van der Waals surface area contributed by atoms with Gasteiger partial charge in [0.2, 0.25) is 15.9 Å². The van der Waals surface area contributed by atoms with Gasteiger partial charge < -0.3 is 26.1 Å². The first-order chi connectivity index (χ1) is 14.1. The van der Waals surface area contributed by atoms with E-state index >= 15 is 0 Å². The molecular weight excluding hydrogens is 406 g/mol. The molecule has 1 aliphatic heterocycles. The molecule has 9 nitrogen and oxygen atoms in total. The van der Waals surface area contributed by atoms with Crippen molar-refractivity contribution < 1.29 is 17.9 Å². The van der Waals surface area contributed by atoms with Gasteiger partial charge in [-0.3, -0.25) is 4.79 Å². The molecule has 0 bridgehead atoms. The molecule has 0 atom stereocenters. The summed E-state index contributed by atoms with van der Waals surface area (Å²) in [5, 5.41) is 10.1. The first-order valence-corrected chi connectivity index (χ1v) is 10.7. The first kappa shape index (κ1) is 21.6. The summed E-state index contributed by atoms with van der Waals surface area (Å²) >= 11 is 0. The molecule has 4 N–H and O–H groups in total. The zero-order chi connectivity index (χ0) is 22.1. The standard InChI is InChI=1S/C20H25N5O4S/c1-13-8-14(11-21)20(22)18(9-13)30(27,28)25(3)12-19(26)23-15-4-5-16-17(10-15)29-7-6-24(16)2/h4-5,8-11,21H,6-7,12,22H2,1-3H3,(H,23,26). The molecule has 1 amide bonds. The number of likely N-dealkylation sites (N-methyl/N-ethyl adjacent to an activating group) is 2. The normalized spacial score (nSPS) is 13.5. The second-order valence-corrected chi connectivity index (χ2v) is 9.19. The largest absolute Gasteiger partial charge is 0.489 e. The minimum atomic E-state index is -4.02. The van der Waals surface area contributed by atoms with E-state index in [1.807, 2.05) is 13.1 Å². The summed E-state index contributed by atoms with van der Waals surface area (Å²) in [5.41, 5.74) is 8.33. The van der Waals surface area contributed by atoms with Crippen LogP contribution in [0.3, 0.4) is 0 Å². The zero-order valence-corrected chi connectivity index (χ0v) is 17.9. The molecule has 10 heteroatoms. The predicted octanol–water partition coefficient (Wildman–Crippen LogP) is 1.66. The van der Waals surface area contributed by atoms with Crippen LogP contribution in [0.1, 0.15) is 11.1 Å². The molecular formula is C20H25N5O4S. The number of aryl methyl sites for hydroxylation is 1. The number of nitrogens with zero attached hydrogens (tertiary/aromatic N) is 2. The number of ether oxygens (including phenoxy) is 1. The van der Waals surface area contributed by atoms with Crippen LogP contribution in [0.5, 0.6) is 5.75 Å². The van der Waals surface area contributed by atoms with Crippen molar-refractivity contribution in [2.45, 2.75) is 11.8 Å². The van der Waals surface area contributed by atoms with E-state index in [0.717, 1.165) is 22.8 Å². The Kier molecular flexibility index (Phi) is 5.99. The molecule has 0 unspecified atom stereocenters. The maximum atomic E-state index is 13.0. The fourth-order valence-electron chi connectivity index (χ4n) is 3.22. The fourth-order valence-corrected chi connectivity index (χ4v) is 4.57. The smallest absolute Gasteiger partial charge is 0.245 e. The number of carbonyl (C=O) groups excluding carboxylic acids is 1. The van der Waals surface area contributed by atoms with E-state index in [9.17, 15) is 13.2 Å². The highest BCUT2D eigenvalue weighted by atomic mass is 32.2. The molecule has 0 saturated heterocycles. The molecule has 0 fully saturated rings. The maximum Gasteiger partial charge on any atom is 0.245 e. The topological polar surface area (TPSA) is 129 Å². The van der Waals surface area contributed by atoms with Gasteiger partial charge in [-0.1, -0.05) is 0 Å². The number of hydrogen-bond donors (Lipinski definition) is 3. The lowest BCUT2D eigenvalue weighted by atomic mass is 10.1. The van der Waals surface area contributed by atoms with Gasteiger partial charge in [0.1, 0.15) is 17.3 Å². The van der Waals surface area contributed by atoms with Crippen molar-refractivity contribution in [3.8, 4) is 5.75 Å². The summed E-state index contributed by atoms with van der Waals surface area (Å²) in [7, 11) is -0.751. The zero-order valence-electron chi connectivity index (χ0n) is 17.1. The number of nitrogens with one attached hydrogen (secondary N) is 2. The minimum absolute atomic E-state index is 0.0150. The van der Waals surface area contributed by atoms with Gasteiger partial charge >= 0.3 is 0 Å². The van der Waals surface area contributed by atoms with Crippen molar-refractivity contribution in [1.29, 1.82) is 5.41 Å². The van der Waals surface area contributed by atoms with Crippen molar-refractivity contribution in [2.75, 3.05) is 49.7 Å². The van der Waals surface area contributed by atoms with Crippen LogP contribution < -0.4 is 20.7 Å². The van der Waals surface area contributed by atoms with E-state index in [1.165, 1.54) is 13.1 Å². The number of benzene rings is 2. The van der Waals surface area contributed by atoms with Crippen molar-refractivity contribution >= 4 is 39.2 Å². The number of amides is 1. The number of anilines is 3. The molecule has 2 aromatic rings. The van der Waals surface area contributed by atoms with Crippen molar-refractivity contribution in [3.63, 3.8) is 0 Å². The van der Waals surface area contributed by atoms with Gasteiger partial charge in [0.15, 0.2) is 0 Å². The molecule has 0 spiro atoms.